The molecule has 1 N–H and O–H groups in total. The van der Waals surface area contributed by atoms with Gasteiger partial charge < -0.3 is 24.1 Å². The molecule has 0 radical (unpaired) electrons. The summed E-state index contributed by atoms with van der Waals surface area (Å²) in [6, 6.07) is 9.69. The zero-order valence-electron chi connectivity index (χ0n) is 17.6. The van der Waals surface area contributed by atoms with Gasteiger partial charge in [0.2, 0.25) is 5.78 Å². The van der Waals surface area contributed by atoms with E-state index in [1.165, 1.54) is 12.3 Å². The number of ketones is 1. The number of likely N-dealkylation sites (N-methyl/N-ethyl adjacent to an activating group) is 1. The molecule has 0 saturated heterocycles. The summed E-state index contributed by atoms with van der Waals surface area (Å²) >= 11 is 0. The molecule has 0 fully saturated rings. The van der Waals surface area contributed by atoms with E-state index in [4.69, 9.17) is 9.15 Å². The van der Waals surface area contributed by atoms with E-state index in [9.17, 15) is 14.7 Å². The first-order valence-electron chi connectivity index (χ1n) is 10.3. The number of hydrogen-bond acceptors (Lipinski definition) is 6. The van der Waals surface area contributed by atoms with Gasteiger partial charge in [-0.2, -0.15) is 0 Å². The van der Waals surface area contributed by atoms with Gasteiger partial charge in [0, 0.05) is 13.1 Å². The van der Waals surface area contributed by atoms with E-state index < -0.39 is 23.5 Å². The molecule has 0 aliphatic carbocycles. The molecule has 2 heterocycles. The van der Waals surface area contributed by atoms with Gasteiger partial charge in [0.1, 0.15) is 5.75 Å². The molecular formula is C23H28N2O5. The smallest absolute Gasteiger partial charge is 0.290 e. The van der Waals surface area contributed by atoms with Crippen molar-refractivity contribution in [2.45, 2.75) is 26.8 Å². The third kappa shape index (κ3) is 4.26. The number of nitrogens with zero attached hydrogens (tertiary/aromatic N) is 2. The second-order valence-electron chi connectivity index (χ2n) is 7.00. The molecular weight excluding hydrogens is 384 g/mol. The maximum absolute atomic E-state index is 13.1. The van der Waals surface area contributed by atoms with Gasteiger partial charge in [0.25, 0.3) is 5.91 Å². The summed E-state index contributed by atoms with van der Waals surface area (Å²) in [4.78, 5) is 29.8. The Kier molecular flexibility index (Phi) is 6.95. The number of aliphatic hydroxyl groups excluding tert-OH is 1. The summed E-state index contributed by atoms with van der Waals surface area (Å²) in [5.41, 5.74) is 0.732. The molecule has 1 atom stereocenters. The van der Waals surface area contributed by atoms with Crippen LogP contribution in [0.3, 0.4) is 0 Å². The van der Waals surface area contributed by atoms with Gasteiger partial charge in [0.15, 0.2) is 11.5 Å². The summed E-state index contributed by atoms with van der Waals surface area (Å²) in [5.74, 6) is -0.849. The summed E-state index contributed by atoms with van der Waals surface area (Å²) in [6.07, 6.45) is 1.39. The first-order valence-corrected chi connectivity index (χ1v) is 10.3. The lowest BCUT2D eigenvalue weighted by atomic mass is 9.95. The average Bonchev–Trinajstić information content (AvgIpc) is 3.37. The molecule has 1 aliphatic heterocycles. The van der Waals surface area contributed by atoms with E-state index in [0.29, 0.717) is 31.0 Å². The number of carbonyl (C=O) groups is 2. The Morgan fingerprint density at radius 1 is 1.20 bits per heavy atom. The predicted molar refractivity (Wildman–Crippen MR) is 113 cm³/mol. The first-order chi connectivity index (χ1) is 14.5. The molecule has 1 aromatic heterocycles. The second-order valence-corrected chi connectivity index (χ2v) is 7.00. The third-order valence-corrected chi connectivity index (χ3v) is 5.33. The van der Waals surface area contributed by atoms with Crippen molar-refractivity contribution in [3.63, 3.8) is 0 Å². The quantitative estimate of drug-likeness (QED) is 0.601. The van der Waals surface area contributed by atoms with Gasteiger partial charge in [-0.05, 0) is 49.8 Å². The van der Waals surface area contributed by atoms with Crippen LogP contribution >= 0.6 is 0 Å². The van der Waals surface area contributed by atoms with Crippen LogP contribution in [0.1, 0.15) is 42.9 Å². The van der Waals surface area contributed by atoms with Crippen LogP contribution in [0.4, 0.5) is 0 Å². The number of Topliss-reactive ketones (excluding diaryl/α,β-unsaturated/α-hetero) is 1. The third-order valence-electron chi connectivity index (χ3n) is 5.33. The summed E-state index contributed by atoms with van der Waals surface area (Å²) in [6.45, 7) is 9.21. The molecule has 7 heteroatoms. The maximum Gasteiger partial charge on any atom is 0.290 e. The van der Waals surface area contributed by atoms with E-state index >= 15 is 0 Å². The molecule has 0 saturated carbocycles. The van der Waals surface area contributed by atoms with E-state index in [1.807, 2.05) is 25.1 Å². The average molecular weight is 412 g/mol. The fourth-order valence-electron chi connectivity index (χ4n) is 3.73. The molecule has 160 valence electrons. The summed E-state index contributed by atoms with van der Waals surface area (Å²) in [5, 5.41) is 10.7. The SMILES string of the molecule is CCOc1cccc(C2C(C(=O)c3ccco3)=C(O)C(=O)N2CCN(CC)CC)c1. The molecule has 30 heavy (non-hydrogen) atoms. The van der Waals surface area contributed by atoms with E-state index in [1.54, 1.807) is 17.0 Å². The molecule has 0 spiro atoms. The summed E-state index contributed by atoms with van der Waals surface area (Å²) < 4.78 is 10.9. The number of carbonyl (C=O) groups excluding carboxylic acids is 2. The number of rotatable bonds is 10. The largest absolute Gasteiger partial charge is 0.503 e. The summed E-state index contributed by atoms with van der Waals surface area (Å²) in [7, 11) is 0. The number of furan rings is 1. The normalized spacial score (nSPS) is 16.6. The highest BCUT2D eigenvalue weighted by Gasteiger charge is 2.44. The van der Waals surface area contributed by atoms with Crippen LogP contribution in [0, 0.1) is 0 Å². The first kappa shape index (κ1) is 21.6. The van der Waals surface area contributed by atoms with Crippen molar-refractivity contribution in [1.82, 2.24) is 9.80 Å². The van der Waals surface area contributed by atoms with E-state index in [2.05, 4.69) is 18.7 Å². The number of benzene rings is 1. The Bertz CT molecular complexity index is 915. The molecule has 2 aromatic rings. The zero-order chi connectivity index (χ0) is 21.7. The van der Waals surface area contributed by atoms with Crippen molar-refractivity contribution in [2.24, 2.45) is 0 Å². The maximum atomic E-state index is 13.1. The van der Waals surface area contributed by atoms with Crippen molar-refractivity contribution < 1.29 is 23.8 Å². The minimum Gasteiger partial charge on any atom is -0.503 e. The number of hydrogen-bond donors (Lipinski definition) is 1. The lowest BCUT2D eigenvalue weighted by Crippen LogP contribution is -2.38. The fourth-order valence-corrected chi connectivity index (χ4v) is 3.73. The molecule has 1 aliphatic rings. The monoisotopic (exact) mass is 412 g/mol. The van der Waals surface area contributed by atoms with Crippen LogP contribution < -0.4 is 4.74 Å². The predicted octanol–water partition coefficient (Wildman–Crippen LogP) is 3.60. The Morgan fingerprint density at radius 2 is 1.97 bits per heavy atom. The van der Waals surface area contributed by atoms with Gasteiger partial charge in [-0.1, -0.05) is 26.0 Å². The van der Waals surface area contributed by atoms with Crippen molar-refractivity contribution >= 4 is 11.7 Å². The Hall–Kier alpha value is -3.06. The van der Waals surface area contributed by atoms with Crippen LogP contribution in [-0.2, 0) is 4.79 Å². The number of aliphatic hydroxyl groups is 1. The Balaban J connectivity index is 2.02. The highest BCUT2D eigenvalue weighted by Crippen LogP contribution is 2.39. The zero-order valence-corrected chi connectivity index (χ0v) is 17.6. The van der Waals surface area contributed by atoms with Crippen molar-refractivity contribution in [3.05, 3.63) is 65.3 Å². The van der Waals surface area contributed by atoms with Gasteiger partial charge in [0.05, 0.1) is 24.5 Å². The molecule has 1 aromatic carbocycles. The van der Waals surface area contributed by atoms with Gasteiger partial charge in [-0.25, -0.2) is 0 Å². The minimum absolute atomic E-state index is 0.0307. The van der Waals surface area contributed by atoms with Crippen LogP contribution in [0.25, 0.3) is 0 Å². The van der Waals surface area contributed by atoms with Crippen LogP contribution in [0.2, 0.25) is 0 Å². The molecule has 1 amide bonds. The molecule has 0 bridgehead atoms. The van der Waals surface area contributed by atoms with E-state index in [0.717, 1.165) is 13.1 Å². The van der Waals surface area contributed by atoms with Crippen molar-refractivity contribution in [1.29, 1.82) is 0 Å². The van der Waals surface area contributed by atoms with Crippen LogP contribution in [0.15, 0.2) is 58.4 Å². The highest BCUT2D eigenvalue weighted by atomic mass is 16.5. The van der Waals surface area contributed by atoms with Crippen molar-refractivity contribution in [3.8, 4) is 5.75 Å². The number of ether oxygens (including phenoxy) is 1. The second kappa shape index (κ2) is 9.63. The fraction of sp³-hybridized carbons (Fsp3) is 0.391. The lowest BCUT2D eigenvalue weighted by molar-refractivity contribution is -0.129. The number of amides is 1. The van der Waals surface area contributed by atoms with Crippen molar-refractivity contribution in [2.75, 3.05) is 32.8 Å². The standard InChI is InChI=1S/C23H28N2O5/c1-4-24(5-2)12-13-25-20(16-9-7-10-17(15-16)29-6-3)19(22(27)23(25)28)21(26)18-11-8-14-30-18/h7-11,14-15,20,27H,4-6,12-13H2,1-3H3. The Labute approximate surface area is 176 Å². The Morgan fingerprint density at radius 3 is 2.60 bits per heavy atom. The topological polar surface area (TPSA) is 83.2 Å². The minimum atomic E-state index is -0.717. The van der Waals surface area contributed by atoms with E-state index in [-0.39, 0.29) is 11.3 Å². The lowest BCUT2D eigenvalue weighted by Gasteiger charge is -2.29. The highest BCUT2D eigenvalue weighted by molar-refractivity contribution is 6.15. The van der Waals surface area contributed by atoms with Gasteiger partial charge in [-0.3, -0.25) is 9.59 Å². The van der Waals surface area contributed by atoms with Gasteiger partial charge in [-0.15, -0.1) is 0 Å². The van der Waals surface area contributed by atoms with Crippen LogP contribution in [0.5, 0.6) is 5.75 Å². The van der Waals surface area contributed by atoms with Crippen LogP contribution in [-0.4, -0.2) is 59.4 Å². The molecule has 3 rings (SSSR count). The molecule has 1 unspecified atom stereocenters. The van der Waals surface area contributed by atoms with Gasteiger partial charge >= 0.3 is 0 Å². The molecule has 7 nitrogen and oxygen atoms in total.